The Morgan fingerprint density at radius 2 is 2.03 bits per heavy atom. The quantitative estimate of drug-likeness (QED) is 0.403. The molecule has 0 saturated heterocycles. The van der Waals surface area contributed by atoms with Gasteiger partial charge in [0.15, 0.2) is 0 Å². The van der Waals surface area contributed by atoms with Gasteiger partial charge >= 0.3 is 0 Å². The predicted octanol–water partition coefficient (Wildman–Crippen LogP) is 5.56. The zero-order valence-electron chi connectivity index (χ0n) is 16.1. The fraction of sp³-hybridized carbons (Fsp3) is 0.174. The summed E-state index contributed by atoms with van der Waals surface area (Å²) in [5.41, 5.74) is 10.6. The highest BCUT2D eigenvalue weighted by atomic mass is 79.9. The number of nitrogens with two attached hydrogens (primary N) is 1. The lowest BCUT2D eigenvalue weighted by molar-refractivity contribution is 0.103. The lowest BCUT2D eigenvalue weighted by atomic mass is 9.82. The number of carbonyl (C=O) groups is 1. The van der Waals surface area contributed by atoms with E-state index in [-0.39, 0.29) is 5.91 Å². The van der Waals surface area contributed by atoms with E-state index in [0.717, 1.165) is 39.6 Å². The van der Waals surface area contributed by atoms with Crippen molar-refractivity contribution in [3.8, 4) is 0 Å². The van der Waals surface area contributed by atoms with Gasteiger partial charge in [0.25, 0.3) is 5.91 Å². The monoisotopic (exact) mass is 478 g/mol. The van der Waals surface area contributed by atoms with Crippen LogP contribution in [-0.2, 0) is 12.8 Å². The van der Waals surface area contributed by atoms with Crippen LogP contribution in [0.4, 0.5) is 11.5 Å². The van der Waals surface area contributed by atoms with Gasteiger partial charge in [-0.25, -0.2) is 9.97 Å². The van der Waals surface area contributed by atoms with E-state index in [4.69, 9.17) is 10.7 Å². The van der Waals surface area contributed by atoms with Crippen LogP contribution in [0.2, 0.25) is 0 Å². The summed E-state index contributed by atoms with van der Waals surface area (Å²) < 4.78 is 0.852. The lowest BCUT2D eigenvalue weighted by Crippen LogP contribution is -2.14. The zero-order valence-corrected chi connectivity index (χ0v) is 18.5. The van der Waals surface area contributed by atoms with E-state index in [9.17, 15) is 4.79 Å². The van der Waals surface area contributed by atoms with Crippen LogP contribution in [0.5, 0.6) is 0 Å². The first-order valence-corrected chi connectivity index (χ1v) is 11.4. The molecule has 0 saturated carbocycles. The van der Waals surface area contributed by atoms with Crippen LogP contribution < -0.4 is 11.1 Å². The number of pyridine rings is 2. The molecular formula is C23H19BrN4OS. The number of benzene rings is 1. The third-order valence-electron chi connectivity index (χ3n) is 5.53. The van der Waals surface area contributed by atoms with Gasteiger partial charge in [-0.15, -0.1) is 11.3 Å². The van der Waals surface area contributed by atoms with Crippen LogP contribution in [0.1, 0.15) is 38.8 Å². The normalized spacial score (nSPS) is 15.7. The second-order valence-electron chi connectivity index (χ2n) is 7.46. The van der Waals surface area contributed by atoms with E-state index in [2.05, 4.69) is 56.6 Å². The number of halogens is 1. The average Bonchev–Trinajstić information content (AvgIpc) is 3.09. The predicted molar refractivity (Wildman–Crippen MR) is 125 cm³/mol. The van der Waals surface area contributed by atoms with Crippen LogP contribution >= 0.6 is 27.3 Å². The number of nitrogen functional groups attached to an aromatic ring is 1. The molecule has 1 amide bonds. The zero-order chi connectivity index (χ0) is 20.7. The number of hydrogen-bond donors (Lipinski definition) is 2. The van der Waals surface area contributed by atoms with Crippen LogP contribution in [0.3, 0.4) is 0 Å². The van der Waals surface area contributed by atoms with E-state index < -0.39 is 0 Å². The summed E-state index contributed by atoms with van der Waals surface area (Å²) in [5, 5.41) is 3.68. The van der Waals surface area contributed by atoms with E-state index in [0.29, 0.717) is 22.3 Å². The van der Waals surface area contributed by atoms with Gasteiger partial charge in [-0.2, -0.15) is 0 Å². The van der Waals surface area contributed by atoms with Crippen molar-refractivity contribution in [2.45, 2.75) is 25.2 Å². The van der Waals surface area contributed by atoms with Crippen molar-refractivity contribution in [2.24, 2.45) is 0 Å². The maximum atomic E-state index is 12.8. The molecule has 0 fully saturated rings. The molecule has 150 valence electrons. The van der Waals surface area contributed by atoms with Crippen molar-refractivity contribution in [3.05, 3.63) is 80.9 Å². The van der Waals surface area contributed by atoms with Gasteiger partial charge in [-0.1, -0.05) is 30.3 Å². The van der Waals surface area contributed by atoms with Crippen LogP contribution in [0.25, 0.3) is 10.2 Å². The van der Waals surface area contributed by atoms with Crippen LogP contribution in [0.15, 0.2) is 59.2 Å². The average molecular weight is 479 g/mol. The number of aromatic nitrogens is 2. The Kier molecular flexibility index (Phi) is 5.00. The smallest absolute Gasteiger partial charge is 0.269 e. The Balaban J connectivity index is 1.45. The molecule has 4 aromatic rings. The first kappa shape index (κ1) is 19.2. The lowest BCUT2D eigenvalue weighted by Gasteiger charge is -2.24. The van der Waals surface area contributed by atoms with Crippen molar-refractivity contribution in [1.82, 2.24) is 9.97 Å². The molecule has 5 rings (SSSR count). The third-order valence-corrected chi connectivity index (χ3v) is 7.11. The molecule has 1 atom stereocenters. The summed E-state index contributed by atoms with van der Waals surface area (Å²) in [6.45, 7) is 0. The molecule has 0 radical (unpaired) electrons. The molecule has 1 aromatic carbocycles. The number of fused-ring (bicyclic) bond motifs is 2. The molecule has 3 heterocycles. The molecule has 0 spiro atoms. The van der Waals surface area contributed by atoms with E-state index >= 15 is 0 Å². The van der Waals surface area contributed by atoms with Crippen LogP contribution in [0, 0.1) is 0 Å². The van der Waals surface area contributed by atoms with E-state index in [1.807, 2.05) is 12.1 Å². The Morgan fingerprint density at radius 1 is 1.20 bits per heavy atom. The number of thiophene rings is 1. The van der Waals surface area contributed by atoms with Gasteiger partial charge in [0.05, 0.1) is 5.69 Å². The van der Waals surface area contributed by atoms with Crippen molar-refractivity contribution in [2.75, 3.05) is 11.1 Å². The van der Waals surface area contributed by atoms with Gasteiger partial charge in [0.2, 0.25) is 0 Å². The number of hydrogen-bond acceptors (Lipinski definition) is 5. The number of aryl methyl sites for hydroxylation is 1. The number of nitrogens with zero attached hydrogens (tertiary/aromatic N) is 2. The van der Waals surface area contributed by atoms with E-state index in [1.54, 1.807) is 12.3 Å². The molecule has 3 N–H and O–H groups in total. The third kappa shape index (κ3) is 3.59. The number of rotatable bonds is 3. The van der Waals surface area contributed by atoms with Crippen molar-refractivity contribution in [1.29, 1.82) is 0 Å². The number of carbonyl (C=O) groups excluding carboxylic acids is 1. The van der Waals surface area contributed by atoms with E-state index in [1.165, 1.54) is 22.5 Å². The summed E-state index contributed by atoms with van der Waals surface area (Å²) >= 11 is 4.68. The molecular weight excluding hydrogens is 460 g/mol. The number of anilines is 2. The first-order valence-electron chi connectivity index (χ1n) is 9.77. The largest absolute Gasteiger partial charge is 0.397 e. The van der Waals surface area contributed by atoms with Gasteiger partial charge in [-0.3, -0.25) is 4.79 Å². The summed E-state index contributed by atoms with van der Waals surface area (Å²) in [4.78, 5) is 23.1. The van der Waals surface area contributed by atoms with Crippen molar-refractivity contribution >= 4 is 54.9 Å². The highest BCUT2D eigenvalue weighted by Crippen LogP contribution is 2.38. The maximum Gasteiger partial charge on any atom is 0.269 e. The molecule has 3 aromatic heterocycles. The highest BCUT2D eigenvalue weighted by Gasteiger charge is 2.24. The summed E-state index contributed by atoms with van der Waals surface area (Å²) in [5.74, 6) is 0.715. The Bertz CT molecular complexity index is 1240. The minimum Gasteiger partial charge on any atom is -0.397 e. The minimum atomic E-state index is -0.259. The molecule has 1 aliphatic carbocycles. The molecule has 0 unspecified atom stereocenters. The molecule has 7 heteroatoms. The molecule has 0 aliphatic heterocycles. The Morgan fingerprint density at radius 3 is 2.80 bits per heavy atom. The van der Waals surface area contributed by atoms with Gasteiger partial charge < -0.3 is 11.1 Å². The fourth-order valence-electron chi connectivity index (χ4n) is 3.99. The topological polar surface area (TPSA) is 80.9 Å². The summed E-state index contributed by atoms with van der Waals surface area (Å²) in [6.07, 6.45) is 4.61. The SMILES string of the molecule is Nc1c(C(=O)Nc2ccc(Br)cn2)sc2nc3c(cc12)C[C@@H](c1ccccc1)CC3. The minimum absolute atomic E-state index is 0.259. The number of nitrogens with one attached hydrogen (secondary N) is 1. The van der Waals surface area contributed by atoms with Crippen molar-refractivity contribution < 1.29 is 4.79 Å². The maximum absolute atomic E-state index is 12.8. The highest BCUT2D eigenvalue weighted by molar-refractivity contribution is 9.10. The second kappa shape index (κ2) is 7.81. The van der Waals surface area contributed by atoms with Gasteiger partial charge in [0.1, 0.15) is 15.5 Å². The van der Waals surface area contributed by atoms with Gasteiger partial charge in [-0.05, 0) is 70.4 Å². The van der Waals surface area contributed by atoms with Crippen LogP contribution in [-0.4, -0.2) is 15.9 Å². The second-order valence-corrected chi connectivity index (χ2v) is 9.37. The first-order chi connectivity index (χ1) is 14.6. The summed E-state index contributed by atoms with van der Waals surface area (Å²) in [6, 6.07) is 16.3. The van der Waals surface area contributed by atoms with Gasteiger partial charge in [0, 0.05) is 21.7 Å². The molecule has 0 bridgehead atoms. The molecule has 1 aliphatic rings. The Labute approximate surface area is 186 Å². The number of amides is 1. The summed E-state index contributed by atoms with van der Waals surface area (Å²) in [7, 11) is 0. The standard InChI is InChI=1S/C23H19BrN4OS/c24-16-7-9-19(26-12-16)28-22(29)21-20(25)17-11-15-10-14(13-4-2-1-3-5-13)6-8-18(15)27-23(17)30-21/h1-5,7,9,11-12,14H,6,8,10,25H2,(H,26,28,29)/t14-/m0/s1. The Hall–Kier alpha value is -2.77. The molecule has 30 heavy (non-hydrogen) atoms. The fourth-order valence-corrected chi connectivity index (χ4v) is 5.22. The van der Waals surface area contributed by atoms with Crippen molar-refractivity contribution in [3.63, 3.8) is 0 Å². The molecule has 5 nitrogen and oxygen atoms in total.